The van der Waals surface area contributed by atoms with Crippen LogP contribution in [0.25, 0.3) is 0 Å². The van der Waals surface area contributed by atoms with Crippen molar-refractivity contribution in [2.45, 2.75) is 19.4 Å². The van der Waals surface area contributed by atoms with E-state index in [1.165, 1.54) is 0 Å². The summed E-state index contributed by atoms with van der Waals surface area (Å²) in [6.07, 6.45) is -0.315. The van der Waals surface area contributed by atoms with Crippen molar-refractivity contribution in [2.75, 3.05) is 0 Å². The lowest BCUT2D eigenvalue weighted by Crippen LogP contribution is -2.22. The summed E-state index contributed by atoms with van der Waals surface area (Å²) in [7, 11) is 0. The van der Waals surface area contributed by atoms with Gasteiger partial charge in [-0.3, -0.25) is 4.79 Å². The lowest BCUT2D eigenvalue weighted by Gasteiger charge is -2.21. The van der Waals surface area contributed by atoms with Gasteiger partial charge in [-0.25, -0.2) is 0 Å². The van der Waals surface area contributed by atoms with E-state index in [0.29, 0.717) is 23.1 Å². The largest absolute Gasteiger partial charge is 0.388 e. The van der Waals surface area contributed by atoms with Crippen LogP contribution in [0.2, 0.25) is 0 Å². The molecular formula is C18H17NO2. The Morgan fingerprint density at radius 1 is 1.14 bits per heavy atom. The Kier molecular flexibility index (Phi) is 4.86. The molecule has 0 saturated carbocycles. The number of rotatable bonds is 5. The predicted molar refractivity (Wildman–Crippen MR) is 80.7 cm³/mol. The van der Waals surface area contributed by atoms with Crippen molar-refractivity contribution in [3.8, 4) is 6.07 Å². The molecule has 3 nitrogen and oxygen atoms in total. The smallest absolute Gasteiger partial charge is 0.168 e. The van der Waals surface area contributed by atoms with E-state index in [1.54, 1.807) is 36.4 Å². The fraction of sp³-hybridized carbons (Fsp3) is 0.222. The summed E-state index contributed by atoms with van der Waals surface area (Å²) in [6.45, 7) is 1.89. The number of Topliss-reactive ketones (excluding diaryl/α,β-unsaturated/α-hetero) is 1. The molecule has 0 aliphatic heterocycles. The Bertz CT molecular complexity index is 641. The Hall–Kier alpha value is -2.44. The molecule has 106 valence electrons. The van der Waals surface area contributed by atoms with E-state index in [2.05, 4.69) is 0 Å². The molecule has 0 aromatic heterocycles. The molecule has 0 fully saturated rings. The van der Waals surface area contributed by atoms with Crippen LogP contribution in [0.1, 0.15) is 40.9 Å². The van der Waals surface area contributed by atoms with Crippen LogP contribution in [0.3, 0.4) is 0 Å². The van der Waals surface area contributed by atoms with Gasteiger partial charge >= 0.3 is 0 Å². The highest BCUT2D eigenvalue weighted by molar-refractivity contribution is 5.98. The van der Waals surface area contributed by atoms with Gasteiger partial charge in [-0.1, -0.05) is 49.4 Å². The number of benzene rings is 2. The molecule has 0 unspecified atom stereocenters. The Morgan fingerprint density at radius 2 is 1.76 bits per heavy atom. The first-order valence-corrected chi connectivity index (χ1v) is 6.94. The van der Waals surface area contributed by atoms with Crippen molar-refractivity contribution in [3.63, 3.8) is 0 Å². The molecule has 21 heavy (non-hydrogen) atoms. The molecule has 0 aliphatic carbocycles. The molecule has 0 heterocycles. The van der Waals surface area contributed by atoms with E-state index in [0.717, 1.165) is 0 Å². The molecule has 0 bridgehead atoms. The second-order valence-electron chi connectivity index (χ2n) is 4.92. The zero-order valence-electron chi connectivity index (χ0n) is 11.9. The third-order valence-corrected chi connectivity index (χ3v) is 3.60. The molecule has 3 heteroatoms. The highest BCUT2D eigenvalue weighted by Crippen LogP contribution is 2.28. The third-order valence-electron chi connectivity index (χ3n) is 3.60. The van der Waals surface area contributed by atoms with E-state index < -0.39 is 12.0 Å². The monoisotopic (exact) mass is 279 g/mol. The van der Waals surface area contributed by atoms with Crippen molar-refractivity contribution < 1.29 is 9.90 Å². The lowest BCUT2D eigenvalue weighted by molar-refractivity contribution is 0.0667. The first-order valence-electron chi connectivity index (χ1n) is 6.94. The van der Waals surface area contributed by atoms with E-state index >= 15 is 0 Å². The van der Waals surface area contributed by atoms with Crippen LogP contribution in [-0.4, -0.2) is 10.9 Å². The molecule has 0 amide bonds. The number of nitriles is 1. The summed E-state index contributed by atoms with van der Waals surface area (Å²) >= 11 is 0. The van der Waals surface area contributed by atoms with Crippen molar-refractivity contribution in [3.05, 3.63) is 71.3 Å². The third kappa shape index (κ3) is 3.36. The lowest BCUT2D eigenvalue weighted by atomic mass is 9.86. The first kappa shape index (κ1) is 15.0. The van der Waals surface area contributed by atoms with E-state index in [9.17, 15) is 9.90 Å². The molecule has 0 radical (unpaired) electrons. The number of nitrogens with zero attached hydrogens (tertiary/aromatic N) is 1. The van der Waals surface area contributed by atoms with Crippen LogP contribution in [0, 0.1) is 17.2 Å². The SMILES string of the molecule is CC[C@@H](C(=O)c1ccccc1)[C@@H](O)c1ccc(C#N)cc1. The van der Waals surface area contributed by atoms with Gasteiger partial charge in [0, 0.05) is 5.56 Å². The van der Waals surface area contributed by atoms with Gasteiger partial charge in [-0.15, -0.1) is 0 Å². The number of hydrogen-bond acceptors (Lipinski definition) is 3. The summed E-state index contributed by atoms with van der Waals surface area (Å²) in [4.78, 5) is 12.5. The van der Waals surface area contributed by atoms with Gasteiger partial charge in [-0.2, -0.15) is 5.26 Å². The summed E-state index contributed by atoms with van der Waals surface area (Å²) in [5.74, 6) is -0.546. The van der Waals surface area contributed by atoms with Gasteiger partial charge in [-0.05, 0) is 24.1 Å². The van der Waals surface area contributed by atoms with Gasteiger partial charge in [0.05, 0.1) is 23.7 Å². The Labute approximate surface area is 124 Å². The fourth-order valence-electron chi connectivity index (χ4n) is 2.36. The standard InChI is InChI=1S/C18H17NO2/c1-2-16(17(20)14-6-4-3-5-7-14)18(21)15-10-8-13(12-19)9-11-15/h3-11,16,18,21H,2H2,1H3/t16-,18-/m0/s1. The molecule has 2 aromatic rings. The average Bonchev–Trinajstić information content (AvgIpc) is 2.56. The maximum absolute atomic E-state index is 12.5. The molecule has 1 N–H and O–H groups in total. The van der Waals surface area contributed by atoms with Gasteiger partial charge in [0.2, 0.25) is 0 Å². The van der Waals surface area contributed by atoms with Crippen LogP contribution in [-0.2, 0) is 0 Å². The van der Waals surface area contributed by atoms with Crippen LogP contribution >= 0.6 is 0 Å². The minimum atomic E-state index is -0.865. The second kappa shape index (κ2) is 6.83. The maximum Gasteiger partial charge on any atom is 0.168 e. The first-order chi connectivity index (χ1) is 10.2. The minimum Gasteiger partial charge on any atom is -0.388 e. The number of hydrogen-bond donors (Lipinski definition) is 1. The Balaban J connectivity index is 2.24. The van der Waals surface area contributed by atoms with Crippen LogP contribution < -0.4 is 0 Å². The summed E-state index contributed by atoms with van der Waals surface area (Å²) in [5, 5.41) is 19.3. The van der Waals surface area contributed by atoms with Gasteiger partial charge < -0.3 is 5.11 Å². The number of carbonyl (C=O) groups excluding carboxylic acids is 1. The fourth-order valence-corrected chi connectivity index (χ4v) is 2.36. The van der Waals surface area contributed by atoms with Crippen LogP contribution in [0.5, 0.6) is 0 Å². The number of carbonyl (C=O) groups is 1. The molecule has 0 aliphatic rings. The van der Waals surface area contributed by atoms with Crippen molar-refractivity contribution in [1.29, 1.82) is 5.26 Å². The van der Waals surface area contributed by atoms with Crippen molar-refractivity contribution in [1.82, 2.24) is 0 Å². The maximum atomic E-state index is 12.5. The molecule has 0 spiro atoms. The molecule has 2 atom stereocenters. The minimum absolute atomic E-state index is 0.0602. The van der Waals surface area contributed by atoms with E-state index in [1.807, 2.05) is 31.2 Å². The predicted octanol–water partition coefficient (Wildman–Crippen LogP) is 3.50. The number of aliphatic hydroxyl groups excluding tert-OH is 1. The summed E-state index contributed by atoms with van der Waals surface area (Å²) in [6, 6.07) is 17.7. The van der Waals surface area contributed by atoms with Crippen LogP contribution in [0.15, 0.2) is 54.6 Å². The molecule has 0 saturated heterocycles. The highest BCUT2D eigenvalue weighted by atomic mass is 16.3. The van der Waals surface area contributed by atoms with Crippen molar-refractivity contribution >= 4 is 5.78 Å². The second-order valence-corrected chi connectivity index (χ2v) is 4.92. The van der Waals surface area contributed by atoms with Crippen LogP contribution in [0.4, 0.5) is 0 Å². The number of ketones is 1. The van der Waals surface area contributed by atoms with Gasteiger partial charge in [0.15, 0.2) is 5.78 Å². The number of aliphatic hydroxyl groups is 1. The highest BCUT2D eigenvalue weighted by Gasteiger charge is 2.27. The van der Waals surface area contributed by atoms with E-state index in [-0.39, 0.29) is 5.78 Å². The summed E-state index contributed by atoms with van der Waals surface area (Å²) < 4.78 is 0. The summed E-state index contributed by atoms with van der Waals surface area (Å²) in [5.41, 5.74) is 1.80. The molecule has 2 aromatic carbocycles. The molecule has 2 rings (SSSR count). The zero-order valence-corrected chi connectivity index (χ0v) is 11.9. The quantitative estimate of drug-likeness (QED) is 0.852. The van der Waals surface area contributed by atoms with Gasteiger partial charge in [0.25, 0.3) is 0 Å². The normalized spacial score (nSPS) is 13.2. The van der Waals surface area contributed by atoms with E-state index in [4.69, 9.17) is 5.26 Å². The van der Waals surface area contributed by atoms with Crippen molar-refractivity contribution in [2.24, 2.45) is 5.92 Å². The average molecular weight is 279 g/mol. The Morgan fingerprint density at radius 3 is 2.29 bits per heavy atom. The topological polar surface area (TPSA) is 61.1 Å². The molecular weight excluding hydrogens is 262 g/mol. The van der Waals surface area contributed by atoms with Gasteiger partial charge in [0.1, 0.15) is 0 Å². The zero-order chi connectivity index (χ0) is 15.2.